The van der Waals surface area contributed by atoms with Gasteiger partial charge in [0, 0.05) is 19.5 Å². The van der Waals surface area contributed by atoms with Crippen LogP contribution in [0, 0.1) is 0 Å². The lowest BCUT2D eigenvalue weighted by molar-refractivity contribution is -0.120. The van der Waals surface area contributed by atoms with Crippen LogP contribution in [0.1, 0.15) is 0 Å². The number of amides is 1. The summed E-state index contributed by atoms with van der Waals surface area (Å²) in [5, 5.41) is 3.39. The highest BCUT2D eigenvalue weighted by Gasteiger charge is 2.22. The molecule has 0 saturated heterocycles. The minimum atomic E-state index is -3.73. The Hall–Kier alpha value is -1.70. The molecule has 0 unspecified atom stereocenters. The maximum Gasteiger partial charge on any atom is 0.243 e. The van der Waals surface area contributed by atoms with Crippen LogP contribution in [-0.2, 0) is 14.8 Å². The summed E-state index contributed by atoms with van der Waals surface area (Å²) < 4.78 is 25.8. The molecular weight excluding hydrogens is 314 g/mol. The summed E-state index contributed by atoms with van der Waals surface area (Å²) in [6.07, 6.45) is 0. The van der Waals surface area contributed by atoms with Crippen molar-refractivity contribution in [1.29, 1.82) is 0 Å². The van der Waals surface area contributed by atoms with Crippen molar-refractivity contribution in [1.82, 2.24) is 14.6 Å². The Balaban J connectivity index is 2.40. The van der Waals surface area contributed by atoms with Gasteiger partial charge in [0.15, 0.2) is 0 Å². The summed E-state index contributed by atoms with van der Waals surface area (Å²) in [5.41, 5.74) is 0.607. The highest BCUT2D eigenvalue weighted by molar-refractivity contribution is 7.89. The number of fused-ring (bicyclic) bond motifs is 1. The first-order valence-corrected chi connectivity index (χ1v) is 7.89. The normalized spacial score (nSPS) is 11.8. The number of likely N-dealkylation sites (N-methyl/N-ethyl adjacent to an activating group) is 2. The van der Waals surface area contributed by atoms with Crippen LogP contribution >= 0.6 is 11.6 Å². The molecule has 6 nitrogen and oxygen atoms in total. The Morgan fingerprint density at radius 3 is 2.71 bits per heavy atom. The van der Waals surface area contributed by atoms with Crippen LogP contribution in [0.3, 0.4) is 0 Å². The van der Waals surface area contributed by atoms with Gasteiger partial charge in [-0.05, 0) is 30.3 Å². The lowest BCUT2D eigenvalue weighted by atomic mass is 10.2. The van der Waals surface area contributed by atoms with Crippen LogP contribution in [0.15, 0.2) is 35.2 Å². The van der Waals surface area contributed by atoms with Gasteiger partial charge in [-0.25, -0.2) is 13.4 Å². The summed E-state index contributed by atoms with van der Waals surface area (Å²) in [5.74, 6) is -0.379. The molecule has 1 N–H and O–H groups in total. The molecule has 0 bridgehead atoms. The Morgan fingerprint density at radius 1 is 1.33 bits per heavy atom. The molecule has 0 aliphatic heterocycles. The summed E-state index contributed by atoms with van der Waals surface area (Å²) in [6, 6.07) is 7.83. The molecule has 0 aliphatic carbocycles. The highest BCUT2D eigenvalue weighted by atomic mass is 35.5. The third kappa shape index (κ3) is 3.31. The second-order valence-corrected chi connectivity index (χ2v) is 6.85. The van der Waals surface area contributed by atoms with E-state index in [1.165, 1.54) is 26.2 Å². The highest BCUT2D eigenvalue weighted by Crippen LogP contribution is 2.21. The van der Waals surface area contributed by atoms with Crippen molar-refractivity contribution in [2.45, 2.75) is 4.90 Å². The maximum absolute atomic E-state index is 12.4. The number of nitrogens with zero attached hydrogens (tertiary/aromatic N) is 2. The van der Waals surface area contributed by atoms with E-state index in [4.69, 9.17) is 11.6 Å². The SMILES string of the molecule is CNC(=O)CN(C)S(=O)(=O)c1ccc2nc(Cl)ccc2c1. The molecule has 2 rings (SSSR count). The van der Waals surface area contributed by atoms with E-state index in [1.54, 1.807) is 18.2 Å². The van der Waals surface area contributed by atoms with Crippen LogP contribution in [-0.4, -0.2) is 44.3 Å². The van der Waals surface area contributed by atoms with Crippen molar-refractivity contribution in [2.75, 3.05) is 20.6 Å². The van der Waals surface area contributed by atoms with Crippen molar-refractivity contribution < 1.29 is 13.2 Å². The van der Waals surface area contributed by atoms with Crippen LogP contribution < -0.4 is 5.32 Å². The predicted molar refractivity (Wildman–Crippen MR) is 80.6 cm³/mol. The zero-order chi connectivity index (χ0) is 15.6. The van der Waals surface area contributed by atoms with Gasteiger partial charge in [0.05, 0.1) is 17.0 Å². The number of rotatable bonds is 4. The average Bonchev–Trinajstić information content (AvgIpc) is 2.46. The van der Waals surface area contributed by atoms with Gasteiger partial charge >= 0.3 is 0 Å². The summed E-state index contributed by atoms with van der Waals surface area (Å²) in [6.45, 7) is -0.240. The number of sulfonamides is 1. The van der Waals surface area contributed by atoms with Gasteiger partial charge in [-0.1, -0.05) is 11.6 Å². The van der Waals surface area contributed by atoms with E-state index in [0.29, 0.717) is 16.1 Å². The molecule has 21 heavy (non-hydrogen) atoms. The van der Waals surface area contributed by atoms with Crippen LogP contribution in [0.2, 0.25) is 5.15 Å². The zero-order valence-electron chi connectivity index (χ0n) is 11.5. The smallest absolute Gasteiger partial charge is 0.243 e. The molecule has 1 amide bonds. The third-order valence-corrected chi connectivity index (χ3v) is 4.99. The number of pyridine rings is 1. The molecule has 2 aromatic rings. The van der Waals surface area contributed by atoms with E-state index in [-0.39, 0.29) is 17.3 Å². The summed E-state index contributed by atoms with van der Waals surface area (Å²) in [4.78, 5) is 15.5. The molecule has 0 radical (unpaired) electrons. The van der Waals surface area contributed by atoms with E-state index in [1.807, 2.05) is 0 Å². The Morgan fingerprint density at radius 2 is 2.05 bits per heavy atom. The van der Waals surface area contributed by atoms with Gasteiger partial charge in [-0.3, -0.25) is 4.79 Å². The number of hydrogen-bond donors (Lipinski definition) is 1. The molecule has 0 saturated carbocycles. The van der Waals surface area contributed by atoms with E-state index >= 15 is 0 Å². The van der Waals surface area contributed by atoms with Gasteiger partial charge in [-0.15, -0.1) is 0 Å². The van der Waals surface area contributed by atoms with Gasteiger partial charge in [-0.2, -0.15) is 4.31 Å². The number of nitrogens with one attached hydrogen (secondary N) is 1. The fourth-order valence-electron chi connectivity index (χ4n) is 1.79. The van der Waals surface area contributed by atoms with Crippen molar-refractivity contribution >= 4 is 38.4 Å². The number of halogens is 1. The molecular formula is C13H14ClN3O3S. The topological polar surface area (TPSA) is 79.4 Å². The second kappa shape index (κ2) is 5.97. The Kier molecular flexibility index (Phi) is 4.46. The molecule has 1 aromatic carbocycles. The second-order valence-electron chi connectivity index (χ2n) is 4.42. The number of benzene rings is 1. The first-order chi connectivity index (χ1) is 9.84. The van der Waals surface area contributed by atoms with Crippen molar-refractivity contribution in [3.8, 4) is 0 Å². The Bertz CT molecular complexity index is 792. The molecule has 0 fully saturated rings. The number of hydrogen-bond acceptors (Lipinski definition) is 4. The molecule has 1 heterocycles. The molecule has 0 spiro atoms. The first-order valence-electron chi connectivity index (χ1n) is 6.08. The average molecular weight is 328 g/mol. The number of carbonyl (C=O) groups is 1. The summed E-state index contributed by atoms with van der Waals surface area (Å²) in [7, 11) is -0.925. The predicted octanol–water partition coefficient (Wildman–Crippen LogP) is 1.25. The molecule has 8 heteroatoms. The van der Waals surface area contributed by atoms with Crippen LogP contribution in [0.5, 0.6) is 0 Å². The quantitative estimate of drug-likeness (QED) is 0.857. The van der Waals surface area contributed by atoms with Gasteiger partial charge in [0.25, 0.3) is 0 Å². The third-order valence-electron chi connectivity index (χ3n) is 2.98. The lowest BCUT2D eigenvalue weighted by Crippen LogP contribution is -2.36. The standard InChI is InChI=1S/C13H14ClN3O3S/c1-15-13(18)8-17(2)21(19,20)10-4-5-11-9(7-10)3-6-12(14)16-11/h3-7H,8H2,1-2H3,(H,15,18). The van der Waals surface area contributed by atoms with Crippen LogP contribution in [0.4, 0.5) is 0 Å². The van der Waals surface area contributed by atoms with Crippen LogP contribution in [0.25, 0.3) is 10.9 Å². The van der Waals surface area contributed by atoms with E-state index < -0.39 is 10.0 Å². The first kappa shape index (κ1) is 15.7. The maximum atomic E-state index is 12.4. The monoisotopic (exact) mass is 327 g/mol. The van der Waals surface area contributed by atoms with Crippen molar-refractivity contribution in [3.63, 3.8) is 0 Å². The largest absolute Gasteiger partial charge is 0.358 e. The van der Waals surface area contributed by atoms with E-state index in [0.717, 1.165) is 4.31 Å². The molecule has 0 aliphatic rings. The van der Waals surface area contributed by atoms with Gasteiger partial charge < -0.3 is 5.32 Å². The summed E-state index contributed by atoms with van der Waals surface area (Å²) >= 11 is 5.79. The zero-order valence-corrected chi connectivity index (χ0v) is 13.1. The van der Waals surface area contributed by atoms with Gasteiger partial charge in [0.2, 0.25) is 15.9 Å². The Labute approximate surface area is 127 Å². The fraction of sp³-hybridized carbons (Fsp3) is 0.231. The molecule has 0 atom stereocenters. The molecule has 1 aromatic heterocycles. The van der Waals surface area contributed by atoms with E-state index in [2.05, 4.69) is 10.3 Å². The minimum Gasteiger partial charge on any atom is -0.358 e. The van der Waals surface area contributed by atoms with Gasteiger partial charge in [0.1, 0.15) is 5.15 Å². The molecule has 112 valence electrons. The van der Waals surface area contributed by atoms with Crippen molar-refractivity contribution in [3.05, 3.63) is 35.5 Å². The lowest BCUT2D eigenvalue weighted by Gasteiger charge is -2.16. The number of aromatic nitrogens is 1. The number of carbonyl (C=O) groups excluding carboxylic acids is 1. The van der Waals surface area contributed by atoms with Crippen molar-refractivity contribution in [2.24, 2.45) is 0 Å². The fourth-order valence-corrected chi connectivity index (χ4v) is 3.10. The van der Waals surface area contributed by atoms with E-state index in [9.17, 15) is 13.2 Å². The minimum absolute atomic E-state index is 0.102.